The lowest BCUT2D eigenvalue weighted by molar-refractivity contribution is 0.285. The maximum Gasteiger partial charge on any atom is 0.279 e. The van der Waals surface area contributed by atoms with Crippen molar-refractivity contribution in [3.05, 3.63) is 17.5 Å². The summed E-state index contributed by atoms with van der Waals surface area (Å²) in [5.41, 5.74) is 1.81. The summed E-state index contributed by atoms with van der Waals surface area (Å²) in [5, 5.41) is 4.32. The van der Waals surface area contributed by atoms with E-state index in [4.69, 9.17) is 0 Å². The van der Waals surface area contributed by atoms with Gasteiger partial charge < -0.3 is 0 Å². The Balaban J connectivity index is 1.96. The van der Waals surface area contributed by atoms with Gasteiger partial charge in [-0.1, -0.05) is 6.92 Å². The quantitative estimate of drug-likeness (QED) is 0.890. The van der Waals surface area contributed by atoms with Crippen molar-refractivity contribution in [2.75, 3.05) is 13.1 Å². The second-order valence-corrected chi connectivity index (χ2v) is 7.26. The van der Waals surface area contributed by atoms with Gasteiger partial charge in [0, 0.05) is 37.9 Å². The molecule has 20 heavy (non-hydrogen) atoms. The van der Waals surface area contributed by atoms with Gasteiger partial charge in [0.1, 0.15) is 0 Å². The Morgan fingerprint density at radius 3 is 2.60 bits per heavy atom. The minimum atomic E-state index is -3.37. The number of rotatable bonds is 5. The summed E-state index contributed by atoms with van der Waals surface area (Å²) in [6, 6.07) is 0. The number of aryl methyl sites for hydroxylation is 2. The van der Waals surface area contributed by atoms with Gasteiger partial charge in [-0.25, -0.2) is 0 Å². The van der Waals surface area contributed by atoms with Crippen LogP contribution in [0.3, 0.4) is 0 Å². The number of hydrogen-bond acceptors (Lipinski definition) is 3. The maximum absolute atomic E-state index is 12.2. The average molecular weight is 300 g/mol. The van der Waals surface area contributed by atoms with Gasteiger partial charge >= 0.3 is 0 Å². The molecule has 0 spiro atoms. The molecular weight excluding hydrogens is 276 g/mol. The first-order valence-corrected chi connectivity index (χ1v) is 8.64. The van der Waals surface area contributed by atoms with E-state index < -0.39 is 10.2 Å². The SMILES string of the molecule is CCn1cc(CNS(=O)(=O)N2CCC(C)CC2)c(C)n1. The highest BCUT2D eigenvalue weighted by molar-refractivity contribution is 7.87. The van der Waals surface area contributed by atoms with E-state index in [1.165, 1.54) is 0 Å². The van der Waals surface area contributed by atoms with Gasteiger partial charge in [0.25, 0.3) is 10.2 Å². The van der Waals surface area contributed by atoms with Crippen molar-refractivity contribution in [3.8, 4) is 0 Å². The molecule has 1 aliphatic rings. The fourth-order valence-corrected chi connectivity index (χ4v) is 3.59. The molecule has 0 amide bonds. The summed E-state index contributed by atoms with van der Waals surface area (Å²) in [5.74, 6) is 0.617. The van der Waals surface area contributed by atoms with E-state index in [2.05, 4.69) is 16.7 Å². The van der Waals surface area contributed by atoms with Gasteiger partial charge in [-0.15, -0.1) is 0 Å². The molecule has 0 saturated carbocycles. The molecule has 2 rings (SSSR count). The predicted octanol–water partition coefficient (Wildman–Crippen LogP) is 1.28. The van der Waals surface area contributed by atoms with Gasteiger partial charge in [0.2, 0.25) is 0 Å². The van der Waals surface area contributed by atoms with Crippen LogP contribution in [-0.2, 0) is 23.3 Å². The summed E-state index contributed by atoms with van der Waals surface area (Å²) in [4.78, 5) is 0. The molecule has 1 N–H and O–H groups in total. The zero-order valence-electron chi connectivity index (χ0n) is 12.5. The molecular formula is C13H24N4O2S. The van der Waals surface area contributed by atoms with Crippen LogP contribution in [0.5, 0.6) is 0 Å². The number of nitrogens with zero attached hydrogens (tertiary/aromatic N) is 3. The molecule has 1 aromatic heterocycles. The number of piperidine rings is 1. The zero-order valence-corrected chi connectivity index (χ0v) is 13.3. The minimum absolute atomic E-state index is 0.306. The van der Waals surface area contributed by atoms with Crippen molar-refractivity contribution in [2.24, 2.45) is 5.92 Å². The third kappa shape index (κ3) is 3.59. The Morgan fingerprint density at radius 2 is 2.05 bits per heavy atom. The normalized spacial score (nSPS) is 18.6. The fraction of sp³-hybridized carbons (Fsp3) is 0.769. The van der Waals surface area contributed by atoms with E-state index in [-0.39, 0.29) is 0 Å². The summed E-state index contributed by atoms with van der Waals surface area (Å²) < 4.78 is 30.5. The Hall–Kier alpha value is -0.920. The van der Waals surface area contributed by atoms with Crippen molar-refractivity contribution in [1.29, 1.82) is 0 Å². The lowest BCUT2D eigenvalue weighted by atomic mass is 10.0. The lowest BCUT2D eigenvalue weighted by Gasteiger charge is -2.29. The monoisotopic (exact) mass is 300 g/mol. The second kappa shape index (κ2) is 6.24. The second-order valence-electron chi connectivity index (χ2n) is 5.50. The predicted molar refractivity (Wildman–Crippen MR) is 78.4 cm³/mol. The van der Waals surface area contributed by atoms with E-state index in [0.29, 0.717) is 25.6 Å². The van der Waals surface area contributed by atoms with E-state index in [9.17, 15) is 8.42 Å². The van der Waals surface area contributed by atoms with Crippen molar-refractivity contribution in [2.45, 2.75) is 46.7 Å². The number of aromatic nitrogens is 2. The summed E-state index contributed by atoms with van der Waals surface area (Å²) >= 11 is 0. The molecule has 7 heteroatoms. The third-order valence-corrected chi connectivity index (χ3v) is 5.45. The molecule has 0 aliphatic carbocycles. The molecule has 1 saturated heterocycles. The fourth-order valence-electron chi connectivity index (χ4n) is 2.38. The van der Waals surface area contributed by atoms with Crippen LogP contribution in [0, 0.1) is 12.8 Å². The summed E-state index contributed by atoms with van der Waals surface area (Å²) in [6.07, 6.45) is 3.78. The third-order valence-electron chi connectivity index (χ3n) is 3.90. The summed E-state index contributed by atoms with van der Waals surface area (Å²) in [7, 11) is -3.37. The first-order valence-electron chi connectivity index (χ1n) is 7.20. The first-order chi connectivity index (χ1) is 9.42. The molecule has 0 unspecified atom stereocenters. The molecule has 1 aliphatic heterocycles. The number of nitrogens with one attached hydrogen (secondary N) is 1. The molecule has 0 aromatic carbocycles. The average Bonchev–Trinajstić information content (AvgIpc) is 2.78. The van der Waals surface area contributed by atoms with Crippen LogP contribution in [-0.4, -0.2) is 35.6 Å². The highest BCUT2D eigenvalue weighted by atomic mass is 32.2. The maximum atomic E-state index is 12.2. The molecule has 0 atom stereocenters. The van der Waals surface area contributed by atoms with Crippen LogP contribution < -0.4 is 4.72 Å². The van der Waals surface area contributed by atoms with Crippen LogP contribution >= 0.6 is 0 Å². The molecule has 1 fully saturated rings. The van der Waals surface area contributed by atoms with E-state index in [0.717, 1.165) is 30.6 Å². The zero-order chi connectivity index (χ0) is 14.8. The molecule has 2 heterocycles. The van der Waals surface area contributed by atoms with Crippen molar-refractivity contribution in [1.82, 2.24) is 18.8 Å². The van der Waals surface area contributed by atoms with Crippen molar-refractivity contribution < 1.29 is 8.42 Å². The molecule has 1 aromatic rings. The van der Waals surface area contributed by atoms with Crippen LogP contribution in [0.2, 0.25) is 0 Å². The van der Waals surface area contributed by atoms with Crippen LogP contribution in [0.25, 0.3) is 0 Å². The van der Waals surface area contributed by atoms with E-state index >= 15 is 0 Å². The Labute approximate surface area is 121 Å². The first kappa shape index (κ1) is 15.5. The van der Waals surface area contributed by atoms with Gasteiger partial charge in [0.05, 0.1) is 5.69 Å². The topological polar surface area (TPSA) is 67.2 Å². The smallest absolute Gasteiger partial charge is 0.272 e. The van der Waals surface area contributed by atoms with E-state index in [1.54, 1.807) is 4.31 Å². The van der Waals surface area contributed by atoms with E-state index in [1.807, 2.05) is 24.7 Å². The largest absolute Gasteiger partial charge is 0.279 e. The van der Waals surface area contributed by atoms with Crippen LogP contribution in [0.4, 0.5) is 0 Å². The Bertz CT molecular complexity index is 545. The number of hydrogen-bond donors (Lipinski definition) is 1. The van der Waals surface area contributed by atoms with Gasteiger partial charge in [-0.05, 0) is 32.6 Å². The molecule has 0 radical (unpaired) electrons. The Kier molecular flexibility index (Phi) is 4.82. The lowest BCUT2D eigenvalue weighted by Crippen LogP contribution is -2.44. The highest BCUT2D eigenvalue weighted by Gasteiger charge is 2.26. The Morgan fingerprint density at radius 1 is 1.40 bits per heavy atom. The minimum Gasteiger partial charge on any atom is -0.272 e. The molecule has 0 bridgehead atoms. The van der Waals surface area contributed by atoms with Gasteiger partial charge in [-0.2, -0.15) is 22.5 Å². The van der Waals surface area contributed by atoms with Crippen LogP contribution in [0.1, 0.15) is 37.9 Å². The van der Waals surface area contributed by atoms with Gasteiger partial charge in [-0.3, -0.25) is 4.68 Å². The van der Waals surface area contributed by atoms with Gasteiger partial charge in [0.15, 0.2) is 0 Å². The molecule has 6 nitrogen and oxygen atoms in total. The van der Waals surface area contributed by atoms with Crippen molar-refractivity contribution >= 4 is 10.2 Å². The summed E-state index contributed by atoms with van der Waals surface area (Å²) in [6.45, 7) is 8.40. The highest BCUT2D eigenvalue weighted by Crippen LogP contribution is 2.18. The molecule has 114 valence electrons. The standard InChI is InChI=1S/C13H24N4O2S/c1-4-16-10-13(12(3)15-16)9-14-20(18,19)17-7-5-11(2)6-8-17/h10-11,14H,4-9H2,1-3H3. The van der Waals surface area contributed by atoms with Crippen LogP contribution in [0.15, 0.2) is 6.20 Å². The van der Waals surface area contributed by atoms with Crippen molar-refractivity contribution in [3.63, 3.8) is 0 Å².